The monoisotopic (exact) mass is 356 g/mol. The molecule has 0 unspecified atom stereocenters. The van der Waals surface area contributed by atoms with Gasteiger partial charge in [0.05, 0.1) is 16.9 Å². The molecule has 0 spiro atoms. The van der Waals surface area contributed by atoms with Gasteiger partial charge in [0.25, 0.3) is 5.69 Å². The molecule has 0 aliphatic heterocycles. The molecule has 3 rings (SSSR count). The van der Waals surface area contributed by atoms with E-state index in [-0.39, 0.29) is 5.69 Å². The van der Waals surface area contributed by atoms with Crippen LogP contribution >= 0.6 is 11.3 Å². The molecule has 0 aliphatic rings. The summed E-state index contributed by atoms with van der Waals surface area (Å²) in [6, 6.07) is 10.2. The standard InChI is InChI=1S/C17H16N4O3S/c1-3-20-15(13-6-4-7-14(10-13)21(22)23)11-25-17(20)19-18-12(2)16-8-5-9-24-16/h4-11H,3H2,1-2H3/b18-12-,19-17-. The molecule has 0 amide bonds. The lowest BCUT2D eigenvalue weighted by molar-refractivity contribution is -0.384. The highest BCUT2D eigenvalue weighted by atomic mass is 32.1. The fraction of sp³-hybridized carbons (Fsp3) is 0.176. The zero-order valence-corrected chi connectivity index (χ0v) is 14.6. The summed E-state index contributed by atoms with van der Waals surface area (Å²) in [5.41, 5.74) is 2.40. The van der Waals surface area contributed by atoms with Crippen molar-refractivity contribution in [2.24, 2.45) is 10.2 Å². The quantitative estimate of drug-likeness (QED) is 0.392. The number of thiazole rings is 1. The lowest BCUT2D eigenvalue weighted by Crippen LogP contribution is -2.14. The molecule has 0 saturated heterocycles. The average Bonchev–Trinajstić information content (AvgIpc) is 3.29. The molecule has 3 aromatic rings. The minimum absolute atomic E-state index is 0.0662. The Morgan fingerprint density at radius 1 is 1.36 bits per heavy atom. The Kier molecular flexibility index (Phi) is 4.90. The summed E-state index contributed by atoms with van der Waals surface area (Å²) in [5.74, 6) is 0.669. The zero-order chi connectivity index (χ0) is 17.8. The van der Waals surface area contributed by atoms with Crippen LogP contribution in [0.25, 0.3) is 11.3 Å². The fourth-order valence-electron chi connectivity index (χ4n) is 2.38. The summed E-state index contributed by atoms with van der Waals surface area (Å²) in [6.45, 7) is 4.50. The molecule has 0 saturated carbocycles. The van der Waals surface area contributed by atoms with Crippen molar-refractivity contribution in [2.45, 2.75) is 20.4 Å². The lowest BCUT2D eigenvalue weighted by atomic mass is 10.1. The Labute approximate surface area is 147 Å². The highest BCUT2D eigenvalue weighted by Gasteiger charge is 2.11. The number of hydrogen-bond acceptors (Lipinski definition) is 6. The van der Waals surface area contributed by atoms with Gasteiger partial charge in [-0.1, -0.05) is 12.1 Å². The number of non-ortho nitro benzene ring substituents is 1. The molecule has 0 radical (unpaired) electrons. The fourth-order valence-corrected chi connectivity index (χ4v) is 3.30. The van der Waals surface area contributed by atoms with E-state index in [1.165, 1.54) is 17.4 Å². The topological polar surface area (TPSA) is 85.9 Å². The van der Waals surface area contributed by atoms with E-state index >= 15 is 0 Å². The third-order valence-corrected chi connectivity index (χ3v) is 4.48. The van der Waals surface area contributed by atoms with Gasteiger partial charge in [-0.05, 0) is 26.0 Å². The van der Waals surface area contributed by atoms with Crippen molar-refractivity contribution in [3.8, 4) is 11.3 Å². The summed E-state index contributed by atoms with van der Waals surface area (Å²) >= 11 is 1.44. The smallest absolute Gasteiger partial charge is 0.270 e. The minimum atomic E-state index is -0.394. The Bertz CT molecular complexity index is 983. The Morgan fingerprint density at radius 3 is 2.88 bits per heavy atom. The molecule has 2 aromatic heterocycles. The highest BCUT2D eigenvalue weighted by molar-refractivity contribution is 7.07. The SMILES string of the molecule is CCn1c(-c2cccc([N+](=O)[O-])c2)cs/c1=N\N=C(\C)c1ccco1. The molecule has 1 aromatic carbocycles. The molecule has 0 fully saturated rings. The van der Waals surface area contributed by atoms with Crippen molar-refractivity contribution in [2.75, 3.05) is 0 Å². The van der Waals surface area contributed by atoms with Crippen molar-refractivity contribution in [3.05, 3.63) is 68.7 Å². The Balaban J connectivity index is 2.02. The summed E-state index contributed by atoms with van der Waals surface area (Å²) in [7, 11) is 0. The second kappa shape index (κ2) is 7.27. The summed E-state index contributed by atoms with van der Waals surface area (Å²) in [5, 5.41) is 21.5. The maximum atomic E-state index is 11.0. The van der Waals surface area contributed by atoms with Gasteiger partial charge in [-0.25, -0.2) is 0 Å². The number of rotatable bonds is 5. The largest absolute Gasteiger partial charge is 0.463 e. The summed E-state index contributed by atoms with van der Waals surface area (Å²) in [4.78, 5) is 11.3. The average molecular weight is 356 g/mol. The van der Waals surface area contributed by atoms with Gasteiger partial charge >= 0.3 is 0 Å². The van der Waals surface area contributed by atoms with Crippen molar-refractivity contribution in [1.82, 2.24) is 4.57 Å². The van der Waals surface area contributed by atoms with E-state index in [0.29, 0.717) is 18.0 Å². The van der Waals surface area contributed by atoms with Gasteiger partial charge in [0, 0.05) is 29.6 Å². The van der Waals surface area contributed by atoms with Crippen LogP contribution in [0.2, 0.25) is 0 Å². The van der Waals surface area contributed by atoms with Crippen LogP contribution in [0, 0.1) is 10.1 Å². The van der Waals surface area contributed by atoms with E-state index < -0.39 is 4.92 Å². The van der Waals surface area contributed by atoms with Crippen molar-refractivity contribution in [3.63, 3.8) is 0 Å². The number of nitrogens with zero attached hydrogens (tertiary/aromatic N) is 4. The van der Waals surface area contributed by atoms with Crippen molar-refractivity contribution >= 4 is 22.7 Å². The summed E-state index contributed by atoms with van der Waals surface area (Å²) in [6.07, 6.45) is 1.59. The van der Waals surface area contributed by atoms with Crippen LogP contribution in [0.4, 0.5) is 5.69 Å². The first-order valence-electron chi connectivity index (χ1n) is 7.65. The molecule has 8 heteroatoms. The Hall–Kier alpha value is -3.00. The second-order valence-electron chi connectivity index (χ2n) is 5.22. The molecule has 0 bridgehead atoms. The maximum absolute atomic E-state index is 11.0. The van der Waals surface area contributed by atoms with Crippen LogP contribution in [0.3, 0.4) is 0 Å². The Morgan fingerprint density at radius 2 is 2.20 bits per heavy atom. The van der Waals surface area contributed by atoms with Gasteiger partial charge in [-0.2, -0.15) is 0 Å². The number of benzene rings is 1. The van der Waals surface area contributed by atoms with Gasteiger partial charge in [0.15, 0.2) is 0 Å². The number of aromatic nitrogens is 1. The van der Waals surface area contributed by atoms with E-state index in [4.69, 9.17) is 4.42 Å². The van der Waals surface area contributed by atoms with Gasteiger partial charge in [0.2, 0.25) is 4.80 Å². The van der Waals surface area contributed by atoms with Gasteiger partial charge < -0.3 is 8.98 Å². The van der Waals surface area contributed by atoms with E-state index in [1.54, 1.807) is 24.5 Å². The van der Waals surface area contributed by atoms with E-state index in [1.807, 2.05) is 35.9 Å². The maximum Gasteiger partial charge on any atom is 0.270 e. The van der Waals surface area contributed by atoms with Crippen LogP contribution in [0.5, 0.6) is 0 Å². The summed E-state index contributed by atoms with van der Waals surface area (Å²) < 4.78 is 7.27. The van der Waals surface area contributed by atoms with Crippen LogP contribution < -0.4 is 4.80 Å². The number of hydrogen-bond donors (Lipinski definition) is 0. The van der Waals surface area contributed by atoms with Gasteiger partial charge in [-0.3, -0.25) is 10.1 Å². The van der Waals surface area contributed by atoms with Crippen molar-refractivity contribution in [1.29, 1.82) is 0 Å². The molecule has 0 atom stereocenters. The molecular formula is C17H16N4O3S. The third-order valence-electron chi connectivity index (χ3n) is 3.63. The third kappa shape index (κ3) is 3.58. The predicted molar refractivity (Wildman–Crippen MR) is 96.6 cm³/mol. The normalized spacial score (nSPS) is 12.6. The van der Waals surface area contributed by atoms with Crippen LogP contribution in [0.15, 0.2) is 62.7 Å². The van der Waals surface area contributed by atoms with Gasteiger partial charge in [0.1, 0.15) is 11.5 Å². The highest BCUT2D eigenvalue weighted by Crippen LogP contribution is 2.24. The first-order valence-corrected chi connectivity index (χ1v) is 8.53. The molecule has 0 N–H and O–H groups in total. The first kappa shape index (κ1) is 16.8. The molecule has 2 heterocycles. The van der Waals surface area contributed by atoms with E-state index in [0.717, 1.165) is 16.1 Å². The predicted octanol–water partition coefficient (Wildman–Crippen LogP) is 4.06. The van der Waals surface area contributed by atoms with Crippen LogP contribution in [0.1, 0.15) is 19.6 Å². The van der Waals surface area contributed by atoms with Crippen LogP contribution in [-0.4, -0.2) is 15.2 Å². The van der Waals surface area contributed by atoms with E-state index in [9.17, 15) is 10.1 Å². The minimum Gasteiger partial charge on any atom is -0.463 e. The van der Waals surface area contributed by atoms with Crippen molar-refractivity contribution < 1.29 is 9.34 Å². The van der Waals surface area contributed by atoms with Gasteiger partial charge in [-0.15, -0.1) is 21.5 Å². The number of nitro benzene ring substituents is 1. The molecule has 0 aliphatic carbocycles. The second-order valence-corrected chi connectivity index (χ2v) is 6.05. The lowest BCUT2D eigenvalue weighted by Gasteiger charge is -2.05. The number of nitro groups is 1. The van der Waals surface area contributed by atoms with E-state index in [2.05, 4.69) is 10.2 Å². The van der Waals surface area contributed by atoms with Crippen LogP contribution in [-0.2, 0) is 6.54 Å². The first-order chi connectivity index (χ1) is 12.1. The molecule has 25 heavy (non-hydrogen) atoms. The molecule has 128 valence electrons. The molecule has 7 nitrogen and oxygen atoms in total. The number of furan rings is 1. The molecular weight excluding hydrogens is 340 g/mol. The zero-order valence-electron chi connectivity index (χ0n) is 13.7.